The molecule has 2 bridgehead atoms. The van der Waals surface area contributed by atoms with Crippen LogP contribution in [-0.2, 0) is 4.74 Å². The highest BCUT2D eigenvalue weighted by Crippen LogP contribution is 2.39. The predicted octanol–water partition coefficient (Wildman–Crippen LogP) is 5.55. The third-order valence-electron chi connectivity index (χ3n) is 7.64. The zero-order valence-corrected chi connectivity index (χ0v) is 18.8. The van der Waals surface area contributed by atoms with Crippen LogP contribution in [0.2, 0.25) is 0 Å². The number of benzene rings is 2. The third-order valence-corrected chi connectivity index (χ3v) is 7.64. The predicted molar refractivity (Wildman–Crippen MR) is 123 cm³/mol. The van der Waals surface area contributed by atoms with Crippen LogP contribution in [0.3, 0.4) is 0 Å². The molecule has 3 aliphatic rings. The van der Waals surface area contributed by atoms with Gasteiger partial charge in [-0.2, -0.15) is 0 Å². The molecule has 3 heterocycles. The molecular weight excluding hydrogens is 406 g/mol. The standard InChI is InChI=1S/C27H34F2N2O/c28-22-8-4-20(5-9-22)27(21-6-10-23(29)11-7-21)32-26-18-24-12-13-25(19-26)31(24)17-16-30-14-2-1-3-15-30/h4-11,24-27H,1-3,12-19H2. The molecule has 0 aliphatic carbocycles. The molecule has 0 aromatic heterocycles. The van der Waals surface area contributed by atoms with E-state index in [-0.39, 0.29) is 23.8 Å². The van der Waals surface area contributed by atoms with Crippen molar-refractivity contribution in [3.05, 3.63) is 71.3 Å². The van der Waals surface area contributed by atoms with E-state index in [0.29, 0.717) is 12.1 Å². The minimum Gasteiger partial charge on any atom is -0.365 e. The Balaban J connectivity index is 1.26. The van der Waals surface area contributed by atoms with Crippen molar-refractivity contribution in [3.8, 4) is 0 Å². The molecule has 3 aliphatic heterocycles. The number of ether oxygens (including phenoxy) is 1. The SMILES string of the molecule is Fc1ccc(C(OC2CC3CCC(C2)N3CCN2CCCCC2)c2ccc(F)cc2)cc1. The second-order valence-corrected chi connectivity index (χ2v) is 9.74. The summed E-state index contributed by atoms with van der Waals surface area (Å²) in [5, 5.41) is 0. The van der Waals surface area contributed by atoms with Gasteiger partial charge >= 0.3 is 0 Å². The maximum absolute atomic E-state index is 13.5. The van der Waals surface area contributed by atoms with E-state index in [1.54, 1.807) is 24.3 Å². The van der Waals surface area contributed by atoms with E-state index in [2.05, 4.69) is 9.80 Å². The molecule has 3 saturated heterocycles. The zero-order valence-electron chi connectivity index (χ0n) is 18.8. The van der Waals surface area contributed by atoms with Gasteiger partial charge in [0.15, 0.2) is 0 Å². The maximum Gasteiger partial charge on any atom is 0.123 e. The van der Waals surface area contributed by atoms with Gasteiger partial charge in [0.25, 0.3) is 0 Å². The van der Waals surface area contributed by atoms with Crippen LogP contribution in [0.4, 0.5) is 8.78 Å². The Hall–Kier alpha value is -1.82. The first-order valence-corrected chi connectivity index (χ1v) is 12.3. The van der Waals surface area contributed by atoms with E-state index in [1.807, 2.05) is 0 Å². The average Bonchev–Trinajstić information content (AvgIpc) is 3.06. The van der Waals surface area contributed by atoms with Gasteiger partial charge in [0.1, 0.15) is 17.7 Å². The summed E-state index contributed by atoms with van der Waals surface area (Å²) in [5.74, 6) is -0.515. The topological polar surface area (TPSA) is 15.7 Å². The second kappa shape index (κ2) is 9.98. The maximum atomic E-state index is 13.5. The molecule has 2 atom stereocenters. The number of nitrogens with zero attached hydrogens (tertiary/aromatic N) is 2. The van der Waals surface area contributed by atoms with Gasteiger partial charge < -0.3 is 9.64 Å². The van der Waals surface area contributed by atoms with Crippen molar-refractivity contribution in [2.45, 2.75) is 69.2 Å². The Kier molecular flexibility index (Phi) is 6.86. The van der Waals surface area contributed by atoms with E-state index in [9.17, 15) is 8.78 Å². The fraction of sp³-hybridized carbons (Fsp3) is 0.556. The summed E-state index contributed by atoms with van der Waals surface area (Å²) in [7, 11) is 0. The molecule has 0 saturated carbocycles. The molecule has 0 radical (unpaired) electrons. The minimum absolute atomic E-state index is 0.166. The Labute approximate surface area is 190 Å². The number of hydrogen-bond acceptors (Lipinski definition) is 3. The lowest BCUT2D eigenvalue weighted by molar-refractivity contribution is -0.0496. The summed E-state index contributed by atoms with van der Waals surface area (Å²) < 4.78 is 33.7. The van der Waals surface area contributed by atoms with Gasteiger partial charge in [-0.05, 0) is 87.0 Å². The van der Waals surface area contributed by atoms with Crippen LogP contribution in [0.1, 0.15) is 62.2 Å². The molecular formula is C27H34F2N2O. The lowest BCUT2D eigenvalue weighted by Crippen LogP contribution is -2.48. The fourth-order valence-electron chi connectivity index (χ4n) is 5.96. The van der Waals surface area contributed by atoms with Crippen molar-refractivity contribution in [2.24, 2.45) is 0 Å². The summed E-state index contributed by atoms with van der Waals surface area (Å²) in [4.78, 5) is 5.36. The monoisotopic (exact) mass is 440 g/mol. The molecule has 2 aromatic rings. The Morgan fingerprint density at radius 2 is 1.28 bits per heavy atom. The molecule has 172 valence electrons. The van der Waals surface area contributed by atoms with Crippen molar-refractivity contribution in [2.75, 3.05) is 26.2 Å². The molecule has 2 unspecified atom stereocenters. The first kappa shape index (κ1) is 22.0. The molecule has 3 fully saturated rings. The molecule has 5 heteroatoms. The van der Waals surface area contributed by atoms with Crippen molar-refractivity contribution in [1.82, 2.24) is 9.80 Å². The summed E-state index contributed by atoms with van der Waals surface area (Å²) in [6.07, 6.45) is 8.51. The Morgan fingerprint density at radius 3 is 1.81 bits per heavy atom. The fourth-order valence-corrected chi connectivity index (χ4v) is 5.96. The third kappa shape index (κ3) is 5.05. The lowest BCUT2D eigenvalue weighted by atomic mass is 9.97. The number of fused-ring (bicyclic) bond motifs is 2. The molecule has 32 heavy (non-hydrogen) atoms. The number of halogens is 2. The number of hydrogen-bond donors (Lipinski definition) is 0. The van der Waals surface area contributed by atoms with Crippen LogP contribution >= 0.6 is 0 Å². The zero-order chi connectivity index (χ0) is 21.9. The molecule has 0 N–H and O–H groups in total. The van der Waals surface area contributed by atoms with E-state index in [4.69, 9.17) is 4.74 Å². The normalized spacial score (nSPS) is 26.7. The van der Waals surface area contributed by atoms with Crippen LogP contribution < -0.4 is 0 Å². The molecule has 0 amide bonds. The van der Waals surface area contributed by atoms with Gasteiger partial charge in [0.05, 0.1) is 6.10 Å². The van der Waals surface area contributed by atoms with Crippen LogP contribution in [0, 0.1) is 11.6 Å². The van der Waals surface area contributed by atoms with Gasteiger partial charge in [-0.3, -0.25) is 4.90 Å². The van der Waals surface area contributed by atoms with Crippen LogP contribution in [-0.4, -0.2) is 54.2 Å². The smallest absolute Gasteiger partial charge is 0.123 e. The van der Waals surface area contributed by atoms with Gasteiger partial charge in [-0.25, -0.2) is 8.78 Å². The average molecular weight is 441 g/mol. The van der Waals surface area contributed by atoms with Crippen LogP contribution in [0.5, 0.6) is 0 Å². The van der Waals surface area contributed by atoms with Crippen molar-refractivity contribution in [3.63, 3.8) is 0 Å². The first-order chi connectivity index (χ1) is 15.7. The summed E-state index contributed by atoms with van der Waals surface area (Å²) in [6, 6.07) is 14.2. The summed E-state index contributed by atoms with van der Waals surface area (Å²) >= 11 is 0. The van der Waals surface area contributed by atoms with Gasteiger partial charge in [0.2, 0.25) is 0 Å². The van der Waals surface area contributed by atoms with E-state index < -0.39 is 0 Å². The minimum atomic E-state index is -0.305. The quantitative estimate of drug-likeness (QED) is 0.561. The lowest BCUT2D eigenvalue weighted by Gasteiger charge is -2.41. The Morgan fingerprint density at radius 1 is 0.750 bits per heavy atom. The molecule has 5 rings (SSSR count). The first-order valence-electron chi connectivity index (χ1n) is 12.3. The van der Waals surface area contributed by atoms with Crippen LogP contribution in [0.15, 0.2) is 48.5 Å². The molecule has 0 spiro atoms. The van der Waals surface area contributed by atoms with Crippen molar-refractivity contribution in [1.29, 1.82) is 0 Å². The van der Waals surface area contributed by atoms with Crippen molar-refractivity contribution < 1.29 is 13.5 Å². The summed E-state index contributed by atoms with van der Waals surface area (Å²) in [6.45, 7) is 4.87. The van der Waals surface area contributed by atoms with Crippen LogP contribution in [0.25, 0.3) is 0 Å². The second-order valence-electron chi connectivity index (χ2n) is 9.74. The largest absolute Gasteiger partial charge is 0.365 e. The van der Waals surface area contributed by atoms with E-state index >= 15 is 0 Å². The molecule has 2 aromatic carbocycles. The highest BCUT2D eigenvalue weighted by molar-refractivity contribution is 5.30. The summed E-state index contributed by atoms with van der Waals surface area (Å²) in [5.41, 5.74) is 1.83. The van der Waals surface area contributed by atoms with E-state index in [0.717, 1.165) is 24.0 Å². The van der Waals surface area contributed by atoms with E-state index in [1.165, 1.54) is 82.5 Å². The highest BCUT2D eigenvalue weighted by Gasteiger charge is 2.41. The number of rotatable bonds is 7. The highest BCUT2D eigenvalue weighted by atomic mass is 19.1. The number of likely N-dealkylation sites (tertiary alicyclic amines) is 1. The van der Waals surface area contributed by atoms with Crippen molar-refractivity contribution >= 4 is 0 Å². The molecule has 3 nitrogen and oxygen atoms in total. The van der Waals surface area contributed by atoms with Gasteiger partial charge in [-0.15, -0.1) is 0 Å². The van der Waals surface area contributed by atoms with Gasteiger partial charge in [-0.1, -0.05) is 30.7 Å². The number of piperidine rings is 2. The van der Waals surface area contributed by atoms with Gasteiger partial charge in [0, 0.05) is 25.2 Å². The Bertz CT molecular complexity index is 807.